The third-order valence-corrected chi connectivity index (χ3v) is 4.25. The average Bonchev–Trinajstić information content (AvgIpc) is 2.95. The molecule has 0 spiro atoms. The van der Waals surface area contributed by atoms with E-state index in [9.17, 15) is 0 Å². The summed E-state index contributed by atoms with van der Waals surface area (Å²) in [6.07, 6.45) is 3.79. The molecule has 2 heterocycles. The molecule has 0 unspecified atom stereocenters. The standard InChI is InChI=1S/C13H19ClN4S/c1-13(2,3)12-15-11(9-19-12)8-18-7-10(16-17-18)5-4-6-14/h7,9H,4-6,8H2,1-3H3. The van der Waals surface area contributed by atoms with Gasteiger partial charge in [-0.15, -0.1) is 28.0 Å². The molecule has 0 aliphatic rings. The van der Waals surface area contributed by atoms with Crippen molar-refractivity contribution in [1.29, 1.82) is 0 Å². The van der Waals surface area contributed by atoms with Crippen LogP contribution in [0.2, 0.25) is 0 Å². The van der Waals surface area contributed by atoms with E-state index in [4.69, 9.17) is 11.6 Å². The summed E-state index contributed by atoms with van der Waals surface area (Å²) in [4.78, 5) is 4.66. The molecule has 0 atom stereocenters. The highest BCUT2D eigenvalue weighted by Crippen LogP contribution is 2.25. The highest BCUT2D eigenvalue weighted by Gasteiger charge is 2.18. The molecule has 0 aromatic carbocycles. The molecule has 0 amide bonds. The van der Waals surface area contributed by atoms with Gasteiger partial charge in [0.1, 0.15) is 0 Å². The molecule has 0 aliphatic heterocycles. The highest BCUT2D eigenvalue weighted by atomic mass is 35.5. The fourth-order valence-corrected chi connectivity index (χ4v) is 2.70. The Labute approximate surface area is 122 Å². The normalized spacial score (nSPS) is 12.0. The van der Waals surface area contributed by atoms with Crippen molar-refractivity contribution in [1.82, 2.24) is 20.0 Å². The Bertz CT molecular complexity index is 527. The first-order chi connectivity index (χ1) is 8.99. The van der Waals surface area contributed by atoms with Crippen LogP contribution >= 0.6 is 22.9 Å². The van der Waals surface area contributed by atoms with Gasteiger partial charge in [0.2, 0.25) is 0 Å². The third kappa shape index (κ3) is 4.01. The van der Waals surface area contributed by atoms with E-state index in [2.05, 4.69) is 41.4 Å². The van der Waals surface area contributed by atoms with Gasteiger partial charge in [0.15, 0.2) is 0 Å². The zero-order valence-corrected chi connectivity index (χ0v) is 13.1. The summed E-state index contributed by atoms with van der Waals surface area (Å²) in [5, 5.41) is 11.5. The van der Waals surface area contributed by atoms with Gasteiger partial charge in [0.25, 0.3) is 0 Å². The number of hydrogen-bond acceptors (Lipinski definition) is 4. The van der Waals surface area contributed by atoms with E-state index in [-0.39, 0.29) is 5.41 Å². The Balaban J connectivity index is 2.01. The van der Waals surface area contributed by atoms with Gasteiger partial charge in [0.05, 0.1) is 22.9 Å². The van der Waals surface area contributed by atoms with E-state index >= 15 is 0 Å². The Morgan fingerprint density at radius 1 is 1.32 bits per heavy atom. The number of halogens is 1. The molecule has 0 saturated heterocycles. The fraction of sp³-hybridized carbons (Fsp3) is 0.615. The van der Waals surface area contributed by atoms with Gasteiger partial charge in [-0.2, -0.15) is 0 Å². The lowest BCUT2D eigenvalue weighted by atomic mass is 9.98. The fourth-order valence-electron chi connectivity index (χ4n) is 1.67. The molecule has 2 aromatic rings. The molecule has 0 bridgehead atoms. The van der Waals surface area contributed by atoms with E-state index in [1.165, 1.54) is 0 Å². The molecule has 6 heteroatoms. The quantitative estimate of drug-likeness (QED) is 0.796. The van der Waals surface area contributed by atoms with Crippen LogP contribution in [0.3, 0.4) is 0 Å². The Morgan fingerprint density at radius 2 is 2.11 bits per heavy atom. The predicted octanol–water partition coefficient (Wildman–Crippen LogP) is 3.25. The minimum Gasteiger partial charge on any atom is -0.246 e. The van der Waals surface area contributed by atoms with Gasteiger partial charge < -0.3 is 0 Å². The maximum Gasteiger partial charge on any atom is 0.0982 e. The van der Waals surface area contributed by atoms with Crippen molar-refractivity contribution < 1.29 is 0 Å². The highest BCUT2D eigenvalue weighted by molar-refractivity contribution is 7.09. The van der Waals surface area contributed by atoms with Crippen molar-refractivity contribution in [3.05, 3.63) is 28.0 Å². The van der Waals surface area contributed by atoms with Crippen LogP contribution < -0.4 is 0 Å². The Kier molecular flexibility index (Phi) is 4.58. The number of alkyl halides is 1. The van der Waals surface area contributed by atoms with E-state index in [0.29, 0.717) is 12.4 Å². The summed E-state index contributed by atoms with van der Waals surface area (Å²) >= 11 is 7.38. The van der Waals surface area contributed by atoms with Crippen molar-refractivity contribution in [2.45, 2.75) is 45.6 Å². The largest absolute Gasteiger partial charge is 0.246 e. The summed E-state index contributed by atoms with van der Waals surface area (Å²) in [6.45, 7) is 7.21. The van der Waals surface area contributed by atoms with Crippen molar-refractivity contribution in [2.24, 2.45) is 0 Å². The first kappa shape index (κ1) is 14.5. The predicted molar refractivity (Wildman–Crippen MR) is 79.0 cm³/mol. The Morgan fingerprint density at radius 3 is 2.74 bits per heavy atom. The molecule has 0 aliphatic carbocycles. The van der Waals surface area contributed by atoms with Crippen LogP contribution in [-0.4, -0.2) is 25.9 Å². The van der Waals surface area contributed by atoms with E-state index < -0.39 is 0 Å². The van der Waals surface area contributed by atoms with Gasteiger partial charge in [-0.25, -0.2) is 9.67 Å². The summed E-state index contributed by atoms with van der Waals surface area (Å²) in [7, 11) is 0. The lowest BCUT2D eigenvalue weighted by Crippen LogP contribution is -2.11. The first-order valence-corrected chi connectivity index (χ1v) is 7.80. The lowest BCUT2D eigenvalue weighted by Gasteiger charge is -2.13. The van der Waals surface area contributed by atoms with Crippen LogP contribution in [0.5, 0.6) is 0 Å². The number of aromatic nitrogens is 4. The summed E-state index contributed by atoms with van der Waals surface area (Å²) in [5.74, 6) is 0.661. The minimum absolute atomic E-state index is 0.108. The second-order valence-electron chi connectivity index (χ2n) is 5.59. The van der Waals surface area contributed by atoms with E-state index in [1.807, 2.05) is 10.9 Å². The molecule has 0 N–H and O–H groups in total. The van der Waals surface area contributed by atoms with Crippen LogP contribution in [-0.2, 0) is 18.4 Å². The number of rotatable bonds is 5. The zero-order chi connectivity index (χ0) is 13.9. The zero-order valence-electron chi connectivity index (χ0n) is 11.6. The van der Waals surface area contributed by atoms with Gasteiger partial charge in [-0.3, -0.25) is 0 Å². The SMILES string of the molecule is CC(C)(C)c1nc(Cn2cc(CCCCl)nn2)cs1. The molecule has 104 valence electrons. The summed E-state index contributed by atoms with van der Waals surface area (Å²) < 4.78 is 1.84. The van der Waals surface area contributed by atoms with Gasteiger partial charge in [0, 0.05) is 22.9 Å². The number of thiazole rings is 1. The van der Waals surface area contributed by atoms with Crippen molar-refractivity contribution >= 4 is 22.9 Å². The van der Waals surface area contributed by atoms with Crippen LogP contribution in [0.1, 0.15) is 43.6 Å². The van der Waals surface area contributed by atoms with E-state index in [1.54, 1.807) is 11.3 Å². The van der Waals surface area contributed by atoms with Gasteiger partial charge >= 0.3 is 0 Å². The maximum absolute atomic E-state index is 5.67. The molecule has 4 nitrogen and oxygen atoms in total. The van der Waals surface area contributed by atoms with Crippen molar-refractivity contribution in [3.8, 4) is 0 Å². The molecule has 19 heavy (non-hydrogen) atoms. The first-order valence-electron chi connectivity index (χ1n) is 6.39. The van der Waals surface area contributed by atoms with Crippen LogP contribution in [0.25, 0.3) is 0 Å². The number of nitrogens with zero attached hydrogens (tertiary/aromatic N) is 4. The second-order valence-corrected chi connectivity index (χ2v) is 6.83. The van der Waals surface area contributed by atoms with Crippen molar-refractivity contribution in [3.63, 3.8) is 0 Å². The van der Waals surface area contributed by atoms with Crippen molar-refractivity contribution in [2.75, 3.05) is 5.88 Å². The van der Waals surface area contributed by atoms with Crippen LogP contribution in [0.15, 0.2) is 11.6 Å². The topological polar surface area (TPSA) is 43.6 Å². The smallest absolute Gasteiger partial charge is 0.0982 e. The molecule has 0 radical (unpaired) electrons. The van der Waals surface area contributed by atoms with Gasteiger partial charge in [-0.05, 0) is 12.8 Å². The summed E-state index contributed by atoms with van der Waals surface area (Å²) in [6, 6.07) is 0. The molecule has 2 aromatic heterocycles. The monoisotopic (exact) mass is 298 g/mol. The number of aryl methyl sites for hydroxylation is 1. The second kappa shape index (κ2) is 6.01. The summed E-state index contributed by atoms with van der Waals surface area (Å²) in [5.41, 5.74) is 2.15. The van der Waals surface area contributed by atoms with Crippen LogP contribution in [0, 0.1) is 0 Å². The average molecular weight is 299 g/mol. The minimum atomic E-state index is 0.108. The molecule has 2 rings (SSSR count). The molecule has 0 saturated carbocycles. The van der Waals surface area contributed by atoms with E-state index in [0.717, 1.165) is 29.2 Å². The number of hydrogen-bond donors (Lipinski definition) is 0. The molecule has 0 fully saturated rings. The Hall–Kier alpha value is -0.940. The molecular weight excluding hydrogens is 280 g/mol. The van der Waals surface area contributed by atoms with Gasteiger partial charge in [-0.1, -0.05) is 26.0 Å². The molecular formula is C13H19ClN4S. The van der Waals surface area contributed by atoms with Crippen LogP contribution in [0.4, 0.5) is 0 Å². The lowest BCUT2D eigenvalue weighted by molar-refractivity contribution is 0.577. The maximum atomic E-state index is 5.67. The third-order valence-electron chi connectivity index (χ3n) is 2.67.